The fourth-order valence-corrected chi connectivity index (χ4v) is 5.81. The summed E-state index contributed by atoms with van der Waals surface area (Å²) in [6, 6.07) is 14.6. The van der Waals surface area contributed by atoms with Crippen molar-refractivity contribution in [3.8, 4) is 5.75 Å². The largest absolute Gasteiger partial charge is 0.497 e. The van der Waals surface area contributed by atoms with Gasteiger partial charge in [0.05, 0.1) is 12.0 Å². The van der Waals surface area contributed by atoms with Crippen LogP contribution in [0.2, 0.25) is 0 Å². The Morgan fingerprint density at radius 2 is 1.69 bits per heavy atom. The van der Waals surface area contributed by atoms with E-state index in [1.807, 2.05) is 23.1 Å². The molecule has 7 heteroatoms. The molecular weight excluding hydrogens is 388 g/mol. The maximum absolute atomic E-state index is 13.2. The maximum atomic E-state index is 13.2. The summed E-state index contributed by atoms with van der Waals surface area (Å²) in [5.74, 6) is 0.586. The zero-order chi connectivity index (χ0) is 20.6. The number of anilines is 1. The molecule has 0 N–H and O–H groups in total. The van der Waals surface area contributed by atoms with E-state index in [-0.39, 0.29) is 22.8 Å². The minimum atomic E-state index is -3.56. The van der Waals surface area contributed by atoms with E-state index in [9.17, 15) is 13.2 Å². The van der Waals surface area contributed by atoms with Gasteiger partial charge in [-0.1, -0.05) is 18.2 Å². The molecule has 0 unspecified atom stereocenters. The highest BCUT2D eigenvalue weighted by Gasteiger charge is 2.38. The number of carbonyl (C=O) groups excluding carboxylic acids is 1. The number of hydrogen-bond donors (Lipinski definition) is 0. The van der Waals surface area contributed by atoms with Gasteiger partial charge in [0, 0.05) is 30.7 Å². The number of sulfonamides is 1. The maximum Gasteiger partial charge on any atom is 0.243 e. The van der Waals surface area contributed by atoms with Gasteiger partial charge < -0.3 is 9.64 Å². The van der Waals surface area contributed by atoms with Gasteiger partial charge in [-0.25, -0.2) is 8.42 Å². The number of benzene rings is 2. The minimum absolute atomic E-state index is 0.115. The Hall–Kier alpha value is -2.38. The molecule has 2 aromatic rings. The Bertz CT molecular complexity index is 996. The molecule has 0 bridgehead atoms. The zero-order valence-corrected chi connectivity index (χ0v) is 17.6. The first kappa shape index (κ1) is 19.9. The van der Waals surface area contributed by atoms with E-state index in [2.05, 4.69) is 13.0 Å². The quantitative estimate of drug-likeness (QED) is 0.771. The van der Waals surface area contributed by atoms with E-state index < -0.39 is 10.0 Å². The number of amides is 1. The second-order valence-electron chi connectivity index (χ2n) is 7.74. The van der Waals surface area contributed by atoms with Gasteiger partial charge in [0.1, 0.15) is 5.75 Å². The molecule has 2 aliphatic heterocycles. The molecule has 0 aromatic heterocycles. The van der Waals surface area contributed by atoms with E-state index in [1.54, 1.807) is 31.4 Å². The fraction of sp³-hybridized carbons (Fsp3) is 0.409. The van der Waals surface area contributed by atoms with Crippen molar-refractivity contribution in [1.82, 2.24) is 4.31 Å². The SMILES string of the molecule is COc1ccc(S(=O)(=O)N2CCC(C(=O)N3c4ccccc4C[C@@H]3C)CC2)cc1. The number of para-hydroxylation sites is 1. The third kappa shape index (κ3) is 3.65. The van der Waals surface area contributed by atoms with E-state index in [0.717, 1.165) is 12.1 Å². The number of fused-ring (bicyclic) bond motifs is 1. The van der Waals surface area contributed by atoms with Gasteiger partial charge >= 0.3 is 0 Å². The first-order chi connectivity index (χ1) is 13.9. The van der Waals surface area contributed by atoms with Gasteiger partial charge in [-0.05, 0) is 62.1 Å². The van der Waals surface area contributed by atoms with Crippen LogP contribution in [0.1, 0.15) is 25.3 Å². The van der Waals surface area contributed by atoms with Crippen molar-refractivity contribution < 1.29 is 17.9 Å². The van der Waals surface area contributed by atoms with Crippen molar-refractivity contribution in [3.05, 3.63) is 54.1 Å². The number of carbonyl (C=O) groups is 1. The average molecular weight is 415 g/mol. The lowest BCUT2D eigenvalue weighted by Crippen LogP contribution is -2.46. The van der Waals surface area contributed by atoms with E-state index >= 15 is 0 Å². The molecule has 2 aliphatic rings. The molecule has 2 aromatic carbocycles. The Labute approximate surface area is 172 Å². The Morgan fingerprint density at radius 3 is 2.34 bits per heavy atom. The van der Waals surface area contributed by atoms with Gasteiger partial charge in [0.25, 0.3) is 0 Å². The van der Waals surface area contributed by atoms with Crippen molar-refractivity contribution in [2.24, 2.45) is 5.92 Å². The first-order valence-corrected chi connectivity index (χ1v) is 11.4. The van der Waals surface area contributed by atoms with Gasteiger partial charge in [-0.2, -0.15) is 4.31 Å². The van der Waals surface area contributed by atoms with Crippen LogP contribution in [-0.2, 0) is 21.2 Å². The fourth-order valence-electron chi connectivity index (χ4n) is 4.34. The van der Waals surface area contributed by atoms with Crippen molar-refractivity contribution in [2.45, 2.75) is 37.1 Å². The summed E-state index contributed by atoms with van der Waals surface area (Å²) in [5.41, 5.74) is 2.20. The number of piperidine rings is 1. The van der Waals surface area contributed by atoms with Crippen molar-refractivity contribution in [3.63, 3.8) is 0 Å². The smallest absolute Gasteiger partial charge is 0.243 e. The molecule has 1 amide bonds. The lowest BCUT2D eigenvalue weighted by molar-refractivity contribution is -0.123. The summed E-state index contributed by atoms with van der Waals surface area (Å²) in [5, 5.41) is 0. The molecule has 29 heavy (non-hydrogen) atoms. The molecule has 154 valence electrons. The minimum Gasteiger partial charge on any atom is -0.497 e. The van der Waals surface area contributed by atoms with Crippen LogP contribution in [0.25, 0.3) is 0 Å². The second kappa shape index (κ2) is 7.80. The molecule has 0 saturated carbocycles. The molecule has 2 heterocycles. The number of methoxy groups -OCH3 is 1. The van der Waals surface area contributed by atoms with Crippen LogP contribution in [-0.4, -0.2) is 44.9 Å². The van der Waals surface area contributed by atoms with E-state index in [1.165, 1.54) is 9.87 Å². The lowest BCUT2D eigenvalue weighted by atomic mass is 9.96. The van der Waals surface area contributed by atoms with E-state index in [0.29, 0.717) is 31.7 Å². The average Bonchev–Trinajstić information content (AvgIpc) is 3.09. The third-order valence-corrected chi connectivity index (χ3v) is 7.86. The molecule has 0 spiro atoms. The number of rotatable bonds is 4. The van der Waals surface area contributed by atoms with Crippen LogP contribution in [0.5, 0.6) is 5.75 Å². The summed E-state index contributed by atoms with van der Waals surface area (Å²) < 4.78 is 32.4. The van der Waals surface area contributed by atoms with Crippen LogP contribution in [0.15, 0.2) is 53.4 Å². The highest BCUT2D eigenvalue weighted by molar-refractivity contribution is 7.89. The van der Waals surface area contributed by atoms with Gasteiger partial charge in [0.15, 0.2) is 0 Å². The normalized spacial score (nSPS) is 20.5. The van der Waals surface area contributed by atoms with Crippen molar-refractivity contribution >= 4 is 21.6 Å². The van der Waals surface area contributed by atoms with Gasteiger partial charge in [-0.15, -0.1) is 0 Å². The lowest BCUT2D eigenvalue weighted by Gasteiger charge is -2.34. The van der Waals surface area contributed by atoms with Crippen LogP contribution in [0, 0.1) is 5.92 Å². The first-order valence-electron chi connectivity index (χ1n) is 9.97. The molecule has 4 rings (SSSR count). The topological polar surface area (TPSA) is 66.9 Å². The molecular formula is C22H26N2O4S. The highest BCUT2D eigenvalue weighted by Crippen LogP contribution is 2.35. The number of nitrogens with zero attached hydrogens (tertiary/aromatic N) is 2. The monoisotopic (exact) mass is 414 g/mol. The Balaban J connectivity index is 1.44. The van der Waals surface area contributed by atoms with Crippen molar-refractivity contribution in [2.75, 3.05) is 25.1 Å². The van der Waals surface area contributed by atoms with Crippen LogP contribution >= 0.6 is 0 Å². The highest BCUT2D eigenvalue weighted by atomic mass is 32.2. The molecule has 1 atom stereocenters. The summed E-state index contributed by atoms with van der Waals surface area (Å²) in [6.07, 6.45) is 1.95. The van der Waals surface area contributed by atoms with Gasteiger partial charge in [-0.3, -0.25) is 4.79 Å². The molecule has 1 saturated heterocycles. The zero-order valence-electron chi connectivity index (χ0n) is 16.7. The van der Waals surface area contributed by atoms with Crippen LogP contribution in [0.3, 0.4) is 0 Å². The predicted molar refractivity (Wildman–Crippen MR) is 112 cm³/mol. The molecule has 0 aliphatic carbocycles. The van der Waals surface area contributed by atoms with Crippen molar-refractivity contribution in [1.29, 1.82) is 0 Å². The Morgan fingerprint density at radius 1 is 1.03 bits per heavy atom. The summed E-state index contributed by atoms with van der Waals surface area (Å²) >= 11 is 0. The molecule has 1 fully saturated rings. The second-order valence-corrected chi connectivity index (χ2v) is 9.68. The summed E-state index contributed by atoms with van der Waals surface area (Å²) in [4.78, 5) is 15.4. The number of ether oxygens (including phenoxy) is 1. The third-order valence-electron chi connectivity index (χ3n) is 5.95. The Kier molecular flexibility index (Phi) is 5.36. The molecule has 0 radical (unpaired) electrons. The predicted octanol–water partition coefficient (Wildman–Crippen LogP) is 3.07. The van der Waals surface area contributed by atoms with Crippen LogP contribution in [0.4, 0.5) is 5.69 Å². The van der Waals surface area contributed by atoms with Gasteiger partial charge in [0.2, 0.25) is 15.9 Å². The van der Waals surface area contributed by atoms with Crippen LogP contribution < -0.4 is 9.64 Å². The summed E-state index contributed by atoms with van der Waals surface area (Å²) in [6.45, 7) is 2.78. The number of hydrogen-bond acceptors (Lipinski definition) is 4. The van der Waals surface area contributed by atoms with E-state index in [4.69, 9.17) is 4.74 Å². The summed E-state index contributed by atoms with van der Waals surface area (Å²) in [7, 11) is -2.02. The standard InChI is InChI=1S/C22H26N2O4S/c1-16-15-18-5-3-4-6-21(18)24(16)22(25)17-11-13-23(14-12-17)29(26,27)20-9-7-19(28-2)8-10-20/h3-10,16-17H,11-15H2,1-2H3/t16-/m0/s1. The molecule has 6 nitrogen and oxygen atoms in total.